The van der Waals surface area contributed by atoms with E-state index in [4.69, 9.17) is 5.11 Å². The van der Waals surface area contributed by atoms with E-state index in [1.807, 2.05) is 0 Å². The summed E-state index contributed by atoms with van der Waals surface area (Å²) in [5.74, 6) is -3.66. The second-order valence-electron chi connectivity index (χ2n) is 4.34. The lowest BCUT2D eigenvalue weighted by Gasteiger charge is -2.14. The fourth-order valence-corrected chi connectivity index (χ4v) is 2.14. The van der Waals surface area contributed by atoms with Crippen LogP contribution in [-0.2, 0) is 0 Å². The molecule has 0 saturated heterocycles. The SMILES string of the molecule is O=C(O)c1ccc(N2C(=O)c3ccncc3C2=O)cc1F. The van der Waals surface area contributed by atoms with Crippen molar-refractivity contribution in [3.05, 3.63) is 59.2 Å². The summed E-state index contributed by atoms with van der Waals surface area (Å²) in [5.41, 5.74) is -0.247. The molecule has 0 atom stereocenters. The summed E-state index contributed by atoms with van der Waals surface area (Å²) in [6, 6.07) is 4.46. The van der Waals surface area contributed by atoms with Crippen LogP contribution in [0, 0.1) is 5.82 Å². The van der Waals surface area contributed by atoms with Gasteiger partial charge in [-0.2, -0.15) is 0 Å². The normalized spacial score (nSPS) is 13.5. The van der Waals surface area contributed by atoms with Gasteiger partial charge in [0.2, 0.25) is 0 Å². The maximum Gasteiger partial charge on any atom is 0.338 e. The largest absolute Gasteiger partial charge is 0.478 e. The van der Waals surface area contributed by atoms with Crippen molar-refractivity contribution in [1.29, 1.82) is 0 Å². The van der Waals surface area contributed by atoms with E-state index in [1.54, 1.807) is 0 Å². The molecule has 1 aliphatic rings. The lowest BCUT2D eigenvalue weighted by Crippen LogP contribution is -2.29. The quantitative estimate of drug-likeness (QED) is 0.849. The molecular formula is C14H7FN2O4. The minimum Gasteiger partial charge on any atom is -0.478 e. The Hall–Kier alpha value is -3.09. The Bertz CT molecular complexity index is 768. The zero-order chi connectivity index (χ0) is 15.1. The topological polar surface area (TPSA) is 87.6 Å². The fourth-order valence-electron chi connectivity index (χ4n) is 2.14. The van der Waals surface area contributed by atoms with Crippen LogP contribution >= 0.6 is 0 Å². The first-order chi connectivity index (χ1) is 10.0. The molecule has 2 amide bonds. The van der Waals surface area contributed by atoms with Gasteiger partial charge in [0.05, 0.1) is 22.4 Å². The van der Waals surface area contributed by atoms with E-state index in [-0.39, 0.29) is 16.8 Å². The Labute approximate surface area is 117 Å². The second-order valence-corrected chi connectivity index (χ2v) is 4.34. The van der Waals surface area contributed by atoms with Crippen LogP contribution in [-0.4, -0.2) is 27.9 Å². The molecule has 1 aliphatic heterocycles. The molecule has 2 aromatic rings. The predicted molar refractivity (Wildman–Crippen MR) is 68.7 cm³/mol. The number of amides is 2. The Morgan fingerprint density at radius 2 is 1.86 bits per heavy atom. The van der Waals surface area contributed by atoms with E-state index in [2.05, 4.69) is 4.98 Å². The monoisotopic (exact) mass is 286 g/mol. The van der Waals surface area contributed by atoms with Crippen molar-refractivity contribution in [3.8, 4) is 0 Å². The third kappa shape index (κ3) is 1.86. The lowest BCUT2D eigenvalue weighted by atomic mass is 10.2. The number of aromatic nitrogens is 1. The first kappa shape index (κ1) is 12.9. The van der Waals surface area contributed by atoms with E-state index in [9.17, 15) is 18.8 Å². The number of halogens is 1. The Morgan fingerprint density at radius 3 is 2.48 bits per heavy atom. The molecule has 0 radical (unpaired) electrons. The van der Waals surface area contributed by atoms with Crippen LogP contribution in [0.15, 0.2) is 36.7 Å². The molecular weight excluding hydrogens is 279 g/mol. The molecule has 0 saturated carbocycles. The third-order valence-electron chi connectivity index (χ3n) is 3.13. The number of pyridine rings is 1. The summed E-state index contributed by atoms with van der Waals surface area (Å²) in [6.07, 6.45) is 2.64. The Morgan fingerprint density at radius 1 is 1.14 bits per heavy atom. The van der Waals surface area contributed by atoms with E-state index < -0.39 is 29.2 Å². The summed E-state index contributed by atoms with van der Waals surface area (Å²) in [4.78, 5) is 39.7. The number of imide groups is 1. The summed E-state index contributed by atoms with van der Waals surface area (Å²) in [5, 5.41) is 8.77. The van der Waals surface area contributed by atoms with Gasteiger partial charge >= 0.3 is 5.97 Å². The van der Waals surface area contributed by atoms with Gasteiger partial charge in [0.25, 0.3) is 11.8 Å². The number of carboxylic acids is 1. The summed E-state index contributed by atoms with van der Waals surface area (Å²) in [7, 11) is 0. The first-order valence-corrected chi connectivity index (χ1v) is 5.86. The first-order valence-electron chi connectivity index (χ1n) is 5.86. The highest BCUT2D eigenvalue weighted by Crippen LogP contribution is 2.28. The summed E-state index contributed by atoms with van der Waals surface area (Å²) >= 11 is 0. The Kier molecular flexibility index (Phi) is 2.76. The number of rotatable bonds is 2. The van der Waals surface area contributed by atoms with Crippen LogP contribution in [0.25, 0.3) is 0 Å². The third-order valence-corrected chi connectivity index (χ3v) is 3.13. The van der Waals surface area contributed by atoms with E-state index >= 15 is 0 Å². The number of carbonyl (C=O) groups is 3. The van der Waals surface area contributed by atoms with Crippen LogP contribution in [0.1, 0.15) is 31.1 Å². The zero-order valence-electron chi connectivity index (χ0n) is 10.4. The Balaban J connectivity index is 2.07. The number of aromatic carboxylic acids is 1. The molecule has 21 heavy (non-hydrogen) atoms. The van der Waals surface area contributed by atoms with Crippen molar-refractivity contribution in [2.24, 2.45) is 0 Å². The average Bonchev–Trinajstić information content (AvgIpc) is 2.71. The van der Waals surface area contributed by atoms with Gasteiger partial charge in [-0.25, -0.2) is 14.1 Å². The maximum absolute atomic E-state index is 13.7. The number of carbonyl (C=O) groups excluding carboxylic acids is 2. The minimum absolute atomic E-state index is 0.0244. The molecule has 0 spiro atoms. The molecule has 0 bridgehead atoms. The van der Waals surface area contributed by atoms with Gasteiger partial charge in [-0.3, -0.25) is 14.6 Å². The van der Waals surface area contributed by atoms with Gasteiger partial charge in [-0.05, 0) is 24.3 Å². The number of fused-ring (bicyclic) bond motifs is 1. The molecule has 104 valence electrons. The van der Waals surface area contributed by atoms with Crippen LogP contribution < -0.4 is 4.90 Å². The van der Waals surface area contributed by atoms with Crippen LogP contribution in [0.4, 0.5) is 10.1 Å². The molecule has 0 aliphatic carbocycles. The average molecular weight is 286 g/mol. The molecule has 3 rings (SSSR count). The summed E-state index contributed by atoms with van der Waals surface area (Å²) in [6.45, 7) is 0. The van der Waals surface area contributed by atoms with E-state index in [0.29, 0.717) is 0 Å². The molecule has 1 aromatic heterocycles. The summed E-state index contributed by atoms with van der Waals surface area (Å²) < 4.78 is 13.7. The smallest absolute Gasteiger partial charge is 0.338 e. The number of carboxylic acid groups (broad SMARTS) is 1. The molecule has 0 unspecified atom stereocenters. The predicted octanol–water partition coefficient (Wildman–Crippen LogP) is 1.72. The van der Waals surface area contributed by atoms with Crippen molar-refractivity contribution in [3.63, 3.8) is 0 Å². The van der Waals surface area contributed by atoms with Crippen LogP contribution in [0.2, 0.25) is 0 Å². The maximum atomic E-state index is 13.7. The van der Waals surface area contributed by atoms with Gasteiger partial charge in [-0.1, -0.05) is 0 Å². The van der Waals surface area contributed by atoms with E-state index in [0.717, 1.165) is 17.0 Å². The molecule has 7 heteroatoms. The number of hydrogen-bond donors (Lipinski definition) is 1. The zero-order valence-corrected chi connectivity index (χ0v) is 10.4. The molecule has 1 aromatic carbocycles. The van der Waals surface area contributed by atoms with Crippen molar-refractivity contribution >= 4 is 23.5 Å². The minimum atomic E-state index is -1.43. The van der Waals surface area contributed by atoms with Gasteiger partial charge in [0, 0.05) is 12.4 Å². The van der Waals surface area contributed by atoms with E-state index in [1.165, 1.54) is 24.5 Å². The standard InChI is InChI=1S/C14H7FN2O4/c15-11-5-7(1-2-9(11)14(20)21)17-12(18)8-3-4-16-6-10(8)13(17)19/h1-6H,(H,20,21). The number of anilines is 1. The molecule has 2 heterocycles. The second kappa shape index (κ2) is 4.48. The molecule has 0 fully saturated rings. The number of benzene rings is 1. The van der Waals surface area contributed by atoms with Crippen molar-refractivity contribution in [1.82, 2.24) is 4.98 Å². The van der Waals surface area contributed by atoms with Gasteiger partial charge in [0.1, 0.15) is 5.82 Å². The highest BCUT2D eigenvalue weighted by atomic mass is 19.1. The molecule has 1 N–H and O–H groups in total. The highest BCUT2D eigenvalue weighted by Gasteiger charge is 2.37. The number of nitrogens with zero attached hydrogens (tertiary/aromatic N) is 2. The molecule has 6 nitrogen and oxygen atoms in total. The van der Waals surface area contributed by atoms with Gasteiger partial charge in [0.15, 0.2) is 0 Å². The van der Waals surface area contributed by atoms with Crippen LogP contribution in [0.5, 0.6) is 0 Å². The van der Waals surface area contributed by atoms with Gasteiger partial charge in [-0.15, -0.1) is 0 Å². The van der Waals surface area contributed by atoms with Crippen molar-refractivity contribution in [2.75, 3.05) is 4.90 Å². The highest BCUT2D eigenvalue weighted by molar-refractivity contribution is 6.34. The fraction of sp³-hybridized carbons (Fsp3) is 0. The lowest BCUT2D eigenvalue weighted by molar-refractivity contribution is 0.0691. The van der Waals surface area contributed by atoms with Crippen molar-refractivity contribution < 1.29 is 23.9 Å². The van der Waals surface area contributed by atoms with Gasteiger partial charge < -0.3 is 5.11 Å². The number of hydrogen-bond acceptors (Lipinski definition) is 4. The van der Waals surface area contributed by atoms with Crippen molar-refractivity contribution in [2.45, 2.75) is 0 Å². The van der Waals surface area contributed by atoms with Crippen LogP contribution in [0.3, 0.4) is 0 Å².